The first-order chi connectivity index (χ1) is 12.7. The highest BCUT2D eigenvalue weighted by Gasteiger charge is 2.24. The second-order valence-corrected chi connectivity index (χ2v) is 7.05. The van der Waals surface area contributed by atoms with Gasteiger partial charge < -0.3 is 14.5 Å². The van der Waals surface area contributed by atoms with Crippen LogP contribution in [-0.4, -0.2) is 34.1 Å². The molecule has 1 atom stereocenters. The molecule has 2 heterocycles. The molecule has 0 fully saturated rings. The Morgan fingerprint density at radius 3 is 2.63 bits per heavy atom. The van der Waals surface area contributed by atoms with Crippen LogP contribution in [0.3, 0.4) is 0 Å². The van der Waals surface area contributed by atoms with Gasteiger partial charge in [0.1, 0.15) is 29.6 Å². The number of amides is 1. The molecule has 0 aliphatic rings. The van der Waals surface area contributed by atoms with Crippen LogP contribution in [0.15, 0.2) is 15.5 Å². The minimum atomic E-state index is -0.642. The van der Waals surface area contributed by atoms with Gasteiger partial charge in [0.05, 0.1) is 6.61 Å². The maximum absolute atomic E-state index is 12.8. The van der Waals surface area contributed by atoms with Gasteiger partial charge in [-0.15, -0.1) is 0 Å². The first kappa shape index (κ1) is 20.7. The number of esters is 1. The summed E-state index contributed by atoms with van der Waals surface area (Å²) in [6, 6.07) is 0.0126. The summed E-state index contributed by atoms with van der Waals surface area (Å²) in [5.41, 5.74) is -0.392. The molecule has 0 bridgehead atoms. The molecule has 0 saturated heterocycles. The minimum absolute atomic E-state index is 0.0126. The average Bonchev–Trinajstić information content (AvgIpc) is 2.92. The number of nitrogens with zero attached hydrogens (tertiary/aromatic N) is 2. The molecule has 1 N–H and O–H groups in total. The van der Waals surface area contributed by atoms with Crippen LogP contribution in [0, 0.1) is 12.8 Å². The Balaban J connectivity index is 2.23. The second-order valence-electron chi connectivity index (χ2n) is 7.05. The van der Waals surface area contributed by atoms with Crippen LogP contribution >= 0.6 is 0 Å². The fourth-order valence-corrected chi connectivity index (χ4v) is 2.83. The summed E-state index contributed by atoms with van der Waals surface area (Å²) in [5, 5.41) is 2.92. The van der Waals surface area contributed by atoms with Crippen molar-refractivity contribution in [2.75, 3.05) is 6.61 Å². The number of ether oxygens (including phenoxy) is 1. The van der Waals surface area contributed by atoms with Gasteiger partial charge in [0.15, 0.2) is 0 Å². The standard InChI is InChI=1S/C19H27N3O5/c1-6-26-19(25)15-13(5)27-17-16(15)18(24)22(10-20-17)9-14(23)21-12(4)8-7-11(2)3/h10-12H,6-9H2,1-5H3,(H,21,23)/t12-/m0/s1. The van der Waals surface area contributed by atoms with Gasteiger partial charge in [-0.3, -0.25) is 14.2 Å². The van der Waals surface area contributed by atoms with Gasteiger partial charge in [0.2, 0.25) is 11.6 Å². The Hall–Kier alpha value is -2.64. The summed E-state index contributed by atoms with van der Waals surface area (Å²) in [6.45, 7) is 9.43. The van der Waals surface area contributed by atoms with Crippen LogP contribution in [0.2, 0.25) is 0 Å². The Morgan fingerprint density at radius 1 is 1.30 bits per heavy atom. The SMILES string of the molecule is CCOC(=O)c1c(C)oc2ncn(CC(=O)N[C@@H](C)CCC(C)C)c(=O)c12. The number of hydrogen-bond acceptors (Lipinski definition) is 6. The van der Waals surface area contributed by atoms with Crippen LogP contribution in [-0.2, 0) is 16.1 Å². The predicted molar refractivity (Wildman–Crippen MR) is 101 cm³/mol. The molecule has 0 aromatic carbocycles. The van der Waals surface area contributed by atoms with Crippen molar-refractivity contribution in [3.63, 3.8) is 0 Å². The van der Waals surface area contributed by atoms with Gasteiger partial charge in [-0.2, -0.15) is 0 Å². The van der Waals surface area contributed by atoms with Crippen molar-refractivity contribution in [1.82, 2.24) is 14.9 Å². The summed E-state index contributed by atoms with van der Waals surface area (Å²) in [4.78, 5) is 41.3. The third-order valence-corrected chi connectivity index (χ3v) is 4.23. The van der Waals surface area contributed by atoms with Gasteiger partial charge in [-0.05, 0) is 39.5 Å². The lowest BCUT2D eigenvalue weighted by atomic mass is 10.0. The van der Waals surface area contributed by atoms with E-state index in [1.165, 1.54) is 10.9 Å². The van der Waals surface area contributed by atoms with Crippen LogP contribution in [0.4, 0.5) is 0 Å². The van der Waals surface area contributed by atoms with E-state index in [0.29, 0.717) is 5.92 Å². The normalized spacial score (nSPS) is 12.4. The maximum Gasteiger partial charge on any atom is 0.342 e. The van der Waals surface area contributed by atoms with Crippen molar-refractivity contribution in [3.8, 4) is 0 Å². The maximum atomic E-state index is 12.8. The topological polar surface area (TPSA) is 103 Å². The molecule has 0 spiro atoms. The van der Waals surface area contributed by atoms with Crippen molar-refractivity contribution in [3.05, 3.63) is 28.0 Å². The highest BCUT2D eigenvalue weighted by Crippen LogP contribution is 2.21. The summed E-state index contributed by atoms with van der Waals surface area (Å²) in [7, 11) is 0. The monoisotopic (exact) mass is 377 g/mol. The van der Waals surface area contributed by atoms with E-state index >= 15 is 0 Å². The third-order valence-electron chi connectivity index (χ3n) is 4.23. The number of fused-ring (bicyclic) bond motifs is 1. The molecule has 2 aromatic heterocycles. The number of rotatable bonds is 8. The van der Waals surface area contributed by atoms with Gasteiger partial charge >= 0.3 is 5.97 Å². The van der Waals surface area contributed by atoms with E-state index in [0.717, 1.165) is 12.8 Å². The van der Waals surface area contributed by atoms with Gasteiger partial charge in [-0.25, -0.2) is 9.78 Å². The lowest BCUT2D eigenvalue weighted by Crippen LogP contribution is -2.37. The number of hydrogen-bond donors (Lipinski definition) is 1. The van der Waals surface area contributed by atoms with E-state index in [4.69, 9.17) is 9.15 Å². The Morgan fingerprint density at radius 2 is 2.00 bits per heavy atom. The second kappa shape index (κ2) is 8.83. The van der Waals surface area contributed by atoms with Crippen LogP contribution in [0.25, 0.3) is 11.1 Å². The smallest absolute Gasteiger partial charge is 0.342 e. The van der Waals surface area contributed by atoms with Gasteiger partial charge in [0.25, 0.3) is 5.56 Å². The summed E-state index contributed by atoms with van der Waals surface area (Å²) in [6.07, 6.45) is 3.12. The van der Waals surface area contributed by atoms with Crippen molar-refractivity contribution in [2.24, 2.45) is 5.92 Å². The van der Waals surface area contributed by atoms with Gasteiger partial charge in [0, 0.05) is 6.04 Å². The molecule has 2 rings (SSSR count). The molecular weight excluding hydrogens is 350 g/mol. The zero-order valence-corrected chi connectivity index (χ0v) is 16.5. The van der Waals surface area contributed by atoms with E-state index in [9.17, 15) is 14.4 Å². The molecule has 0 saturated carbocycles. The van der Waals surface area contributed by atoms with E-state index in [-0.39, 0.29) is 47.5 Å². The van der Waals surface area contributed by atoms with E-state index in [2.05, 4.69) is 24.1 Å². The molecule has 8 nitrogen and oxygen atoms in total. The molecule has 0 aliphatic heterocycles. The third kappa shape index (κ3) is 4.96. The molecular formula is C19H27N3O5. The number of furan rings is 1. The molecule has 8 heteroatoms. The lowest BCUT2D eigenvalue weighted by Gasteiger charge is -2.15. The van der Waals surface area contributed by atoms with Crippen molar-refractivity contribution >= 4 is 23.0 Å². The number of nitrogens with one attached hydrogen (secondary N) is 1. The molecule has 0 radical (unpaired) electrons. The summed E-state index contributed by atoms with van der Waals surface area (Å²) >= 11 is 0. The Kier molecular flexibility index (Phi) is 6.76. The molecule has 27 heavy (non-hydrogen) atoms. The number of carbonyl (C=O) groups excluding carboxylic acids is 2. The predicted octanol–water partition coefficient (Wildman–Crippen LogP) is 2.42. The van der Waals surface area contributed by atoms with Crippen LogP contribution < -0.4 is 10.9 Å². The highest BCUT2D eigenvalue weighted by atomic mass is 16.5. The largest absolute Gasteiger partial charge is 0.462 e. The van der Waals surface area contributed by atoms with E-state index in [1.807, 2.05) is 6.92 Å². The Labute approximate surface area is 157 Å². The minimum Gasteiger partial charge on any atom is -0.462 e. The molecule has 148 valence electrons. The molecule has 1 amide bonds. The number of aryl methyl sites for hydroxylation is 1. The Bertz CT molecular complexity index is 881. The van der Waals surface area contributed by atoms with E-state index < -0.39 is 11.5 Å². The highest BCUT2D eigenvalue weighted by molar-refractivity contribution is 6.03. The molecule has 2 aromatic rings. The quantitative estimate of drug-likeness (QED) is 0.709. The fraction of sp³-hybridized carbons (Fsp3) is 0.579. The van der Waals surface area contributed by atoms with Crippen molar-refractivity contribution < 1.29 is 18.7 Å². The zero-order chi connectivity index (χ0) is 20.1. The number of aromatic nitrogens is 2. The van der Waals surface area contributed by atoms with Crippen molar-refractivity contribution in [1.29, 1.82) is 0 Å². The van der Waals surface area contributed by atoms with Crippen molar-refractivity contribution in [2.45, 2.75) is 60.0 Å². The van der Waals surface area contributed by atoms with Crippen LogP contribution in [0.5, 0.6) is 0 Å². The van der Waals surface area contributed by atoms with Crippen LogP contribution in [0.1, 0.15) is 56.7 Å². The molecule has 0 unspecified atom stereocenters. The first-order valence-electron chi connectivity index (χ1n) is 9.19. The van der Waals surface area contributed by atoms with Gasteiger partial charge in [-0.1, -0.05) is 13.8 Å². The number of carbonyl (C=O) groups is 2. The first-order valence-corrected chi connectivity index (χ1v) is 9.19. The van der Waals surface area contributed by atoms with E-state index in [1.54, 1.807) is 13.8 Å². The lowest BCUT2D eigenvalue weighted by molar-refractivity contribution is -0.122. The zero-order valence-electron chi connectivity index (χ0n) is 16.5. The summed E-state index contributed by atoms with van der Waals surface area (Å²) in [5.74, 6) is -0.105. The average molecular weight is 377 g/mol. The summed E-state index contributed by atoms with van der Waals surface area (Å²) < 4.78 is 11.6. The molecule has 0 aliphatic carbocycles. The fourth-order valence-electron chi connectivity index (χ4n) is 2.83.